The standard InChI is InChI=1S/C10H13N3O2/c1-10(5-11-6-10)8(14)7-9(15-2)13-4-3-12-7/h3-4,11H,5-6H2,1-2H3. The van der Waals surface area contributed by atoms with Gasteiger partial charge in [-0.15, -0.1) is 0 Å². The minimum absolute atomic E-state index is 0.00815. The van der Waals surface area contributed by atoms with Crippen LogP contribution in [0.3, 0.4) is 0 Å². The molecule has 0 spiro atoms. The molecule has 1 aliphatic heterocycles. The molecule has 1 aromatic rings. The van der Waals surface area contributed by atoms with E-state index in [0.29, 0.717) is 24.7 Å². The summed E-state index contributed by atoms with van der Waals surface area (Å²) < 4.78 is 5.02. The van der Waals surface area contributed by atoms with Crippen molar-refractivity contribution in [3.05, 3.63) is 18.1 Å². The molecule has 2 rings (SSSR count). The largest absolute Gasteiger partial charge is 0.479 e. The SMILES string of the molecule is COc1nccnc1C(=O)C1(C)CNC1. The van der Waals surface area contributed by atoms with Crippen molar-refractivity contribution in [1.29, 1.82) is 0 Å². The lowest BCUT2D eigenvalue weighted by molar-refractivity contribution is 0.0711. The minimum atomic E-state index is -0.358. The summed E-state index contributed by atoms with van der Waals surface area (Å²) >= 11 is 0. The average molecular weight is 207 g/mol. The Labute approximate surface area is 87.9 Å². The van der Waals surface area contributed by atoms with Gasteiger partial charge in [-0.05, 0) is 6.92 Å². The van der Waals surface area contributed by atoms with Crippen molar-refractivity contribution >= 4 is 5.78 Å². The Kier molecular flexibility index (Phi) is 2.40. The second-order valence-corrected chi connectivity index (χ2v) is 3.91. The molecule has 1 N–H and O–H groups in total. The summed E-state index contributed by atoms with van der Waals surface area (Å²) in [6, 6.07) is 0. The smallest absolute Gasteiger partial charge is 0.243 e. The summed E-state index contributed by atoms with van der Waals surface area (Å²) in [5, 5.41) is 3.08. The van der Waals surface area contributed by atoms with E-state index in [4.69, 9.17) is 4.74 Å². The summed E-state index contributed by atoms with van der Waals surface area (Å²) in [6.07, 6.45) is 3.02. The predicted molar refractivity (Wildman–Crippen MR) is 53.9 cm³/mol. The Balaban J connectivity index is 2.32. The molecule has 15 heavy (non-hydrogen) atoms. The molecular formula is C10H13N3O2. The Morgan fingerprint density at radius 2 is 2.13 bits per heavy atom. The fourth-order valence-electron chi connectivity index (χ4n) is 1.58. The van der Waals surface area contributed by atoms with Crippen molar-refractivity contribution in [1.82, 2.24) is 15.3 Å². The summed E-state index contributed by atoms with van der Waals surface area (Å²) in [4.78, 5) is 20.1. The van der Waals surface area contributed by atoms with Crippen LogP contribution in [0.5, 0.6) is 5.88 Å². The lowest BCUT2D eigenvalue weighted by atomic mass is 9.78. The highest BCUT2D eigenvalue weighted by Gasteiger charge is 2.41. The van der Waals surface area contributed by atoms with Crippen molar-refractivity contribution in [3.8, 4) is 5.88 Å². The van der Waals surface area contributed by atoms with Crippen LogP contribution in [0.15, 0.2) is 12.4 Å². The number of Topliss-reactive ketones (excluding diaryl/α,β-unsaturated/α-hetero) is 1. The third-order valence-corrected chi connectivity index (χ3v) is 2.65. The van der Waals surface area contributed by atoms with Crippen LogP contribution in [0.1, 0.15) is 17.4 Å². The van der Waals surface area contributed by atoms with Gasteiger partial charge in [0.15, 0.2) is 11.5 Å². The molecule has 0 radical (unpaired) electrons. The number of hydrogen-bond donors (Lipinski definition) is 1. The van der Waals surface area contributed by atoms with E-state index in [9.17, 15) is 4.79 Å². The first-order valence-corrected chi connectivity index (χ1v) is 4.78. The second kappa shape index (κ2) is 3.58. The molecule has 5 nitrogen and oxygen atoms in total. The Bertz CT molecular complexity index is 388. The number of methoxy groups -OCH3 is 1. The third-order valence-electron chi connectivity index (χ3n) is 2.65. The maximum Gasteiger partial charge on any atom is 0.243 e. The van der Waals surface area contributed by atoms with E-state index >= 15 is 0 Å². The Morgan fingerprint density at radius 1 is 1.47 bits per heavy atom. The monoisotopic (exact) mass is 207 g/mol. The molecule has 0 aliphatic carbocycles. The van der Waals surface area contributed by atoms with E-state index in [0.717, 1.165) is 0 Å². The minimum Gasteiger partial charge on any atom is -0.479 e. The van der Waals surface area contributed by atoms with Crippen molar-refractivity contribution in [3.63, 3.8) is 0 Å². The van der Waals surface area contributed by atoms with Crippen LogP contribution >= 0.6 is 0 Å². The van der Waals surface area contributed by atoms with E-state index < -0.39 is 0 Å². The van der Waals surface area contributed by atoms with Gasteiger partial charge in [0.2, 0.25) is 5.88 Å². The topological polar surface area (TPSA) is 64.1 Å². The molecule has 0 saturated carbocycles. The van der Waals surface area contributed by atoms with Crippen LogP contribution < -0.4 is 10.1 Å². The quantitative estimate of drug-likeness (QED) is 0.721. The maximum absolute atomic E-state index is 12.1. The molecule has 2 heterocycles. The first kappa shape index (κ1) is 10.0. The predicted octanol–water partition coefficient (Wildman–Crippen LogP) is 0.277. The average Bonchev–Trinajstić information content (AvgIpc) is 2.25. The van der Waals surface area contributed by atoms with E-state index in [1.54, 1.807) is 0 Å². The van der Waals surface area contributed by atoms with Gasteiger partial charge in [-0.2, -0.15) is 0 Å². The van der Waals surface area contributed by atoms with Crippen molar-refractivity contribution in [2.45, 2.75) is 6.92 Å². The van der Waals surface area contributed by atoms with Gasteiger partial charge in [0, 0.05) is 25.5 Å². The molecule has 0 aromatic carbocycles. The van der Waals surface area contributed by atoms with Gasteiger partial charge in [-0.3, -0.25) is 4.79 Å². The van der Waals surface area contributed by atoms with Crippen molar-refractivity contribution < 1.29 is 9.53 Å². The Morgan fingerprint density at radius 3 is 2.67 bits per heavy atom. The molecular weight excluding hydrogens is 194 g/mol. The molecule has 80 valence electrons. The summed E-state index contributed by atoms with van der Waals surface area (Å²) in [6.45, 7) is 3.29. The molecule has 0 amide bonds. The highest BCUT2D eigenvalue weighted by Crippen LogP contribution is 2.28. The summed E-state index contributed by atoms with van der Waals surface area (Å²) in [7, 11) is 1.49. The number of nitrogens with zero attached hydrogens (tertiary/aromatic N) is 2. The first-order chi connectivity index (χ1) is 7.17. The van der Waals surface area contributed by atoms with E-state index in [-0.39, 0.29) is 11.2 Å². The lowest BCUT2D eigenvalue weighted by Crippen LogP contribution is -2.56. The van der Waals surface area contributed by atoms with Crippen LogP contribution in [0.4, 0.5) is 0 Å². The van der Waals surface area contributed by atoms with Gasteiger partial charge in [0.25, 0.3) is 0 Å². The number of nitrogens with one attached hydrogen (secondary N) is 1. The van der Waals surface area contributed by atoms with Crippen molar-refractivity contribution in [2.75, 3.05) is 20.2 Å². The highest BCUT2D eigenvalue weighted by molar-refractivity contribution is 6.01. The number of ketones is 1. The zero-order valence-electron chi connectivity index (χ0n) is 8.78. The van der Waals surface area contributed by atoms with Crippen LogP contribution in [-0.2, 0) is 0 Å². The summed E-state index contributed by atoms with van der Waals surface area (Å²) in [5.74, 6) is 0.293. The van der Waals surface area contributed by atoms with Gasteiger partial charge in [-0.1, -0.05) is 0 Å². The number of rotatable bonds is 3. The first-order valence-electron chi connectivity index (χ1n) is 4.78. The molecule has 1 aromatic heterocycles. The molecule has 0 atom stereocenters. The lowest BCUT2D eigenvalue weighted by Gasteiger charge is -2.37. The number of hydrogen-bond acceptors (Lipinski definition) is 5. The zero-order chi connectivity index (χ0) is 10.9. The van der Waals surface area contributed by atoms with Gasteiger partial charge < -0.3 is 10.1 Å². The number of carbonyl (C=O) groups is 1. The zero-order valence-corrected chi connectivity index (χ0v) is 8.78. The number of carbonyl (C=O) groups excluding carboxylic acids is 1. The van der Waals surface area contributed by atoms with Crippen LogP contribution in [-0.4, -0.2) is 36.0 Å². The number of ether oxygens (including phenoxy) is 1. The molecule has 0 bridgehead atoms. The van der Waals surface area contributed by atoms with Crippen LogP contribution in [0.25, 0.3) is 0 Å². The van der Waals surface area contributed by atoms with Gasteiger partial charge in [0.05, 0.1) is 12.5 Å². The van der Waals surface area contributed by atoms with Crippen molar-refractivity contribution in [2.24, 2.45) is 5.41 Å². The van der Waals surface area contributed by atoms with Gasteiger partial charge in [0.1, 0.15) is 0 Å². The third kappa shape index (κ3) is 1.59. The molecule has 1 aliphatic rings. The van der Waals surface area contributed by atoms with E-state index in [1.807, 2.05) is 6.92 Å². The molecule has 5 heteroatoms. The Hall–Kier alpha value is -1.49. The fraction of sp³-hybridized carbons (Fsp3) is 0.500. The van der Waals surface area contributed by atoms with E-state index in [1.165, 1.54) is 19.5 Å². The molecule has 1 fully saturated rings. The van der Waals surface area contributed by atoms with Gasteiger partial charge in [-0.25, -0.2) is 9.97 Å². The van der Waals surface area contributed by atoms with Crippen LogP contribution in [0.2, 0.25) is 0 Å². The molecule has 1 saturated heterocycles. The number of aromatic nitrogens is 2. The molecule has 0 unspecified atom stereocenters. The highest BCUT2D eigenvalue weighted by atomic mass is 16.5. The van der Waals surface area contributed by atoms with E-state index in [2.05, 4.69) is 15.3 Å². The van der Waals surface area contributed by atoms with Crippen LogP contribution in [0, 0.1) is 5.41 Å². The second-order valence-electron chi connectivity index (χ2n) is 3.91. The fourth-order valence-corrected chi connectivity index (χ4v) is 1.58. The normalized spacial score (nSPS) is 18.0. The maximum atomic E-state index is 12.1. The summed E-state index contributed by atoms with van der Waals surface area (Å²) in [5.41, 5.74) is -0.0347. The van der Waals surface area contributed by atoms with Gasteiger partial charge >= 0.3 is 0 Å².